The molecule has 2 aliphatic rings. The average Bonchev–Trinajstić information content (AvgIpc) is 2.88. The zero-order valence-corrected chi connectivity index (χ0v) is 15.4. The van der Waals surface area contributed by atoms with Crippen LogP contribution >= 0.6 is 0 Å². The molecule has 1 aromatic heterocycles. The molecule has 1 amide bonds. The first-order valence-corrected chi connectivity index (χ1v) is 8.62. The summed E-state index contributed by atoms with van der Waals surface area (Å²) in [7, 11) is 3.24. The lowest BCUT2D eigenvalue weighted by molar-refractivity contribution is -0.00284. The van der Waals surface area contributed by atoms with Crippen LogP contribution in [0.2, 0.25) is 0 Å². The van der Waals surface area contributed by atoms with Crippen molar-refractivity contribution in [2.45, 2.75) is 31.4 Å². The van der Waals surface area contributed by atoms with Crippen molar-refractivity contribution in [3.05, 3.63) is 53.3 Å². The summed E-state index contributed by atoms with van der Waals surface area (Å²) in [6.45, 7) is 4.59. The van der Waals surface area contributed by atoms with E-state index in [1.807, 2.05) is 36.1 Å². The van der Waals surface area contributed by atoms with Crippen LogP contribution in [-0.2, 0) is 22.3 Å². The Morgan fingerprint density at radius 1 is 1.19 bits per heavy atom. The molecule has 6 nitrogen and oxygen atoms in total. The van der Waals surface area contributed by atoms with Gasteiger partial charge >= 0.3 is 6.09 Å². The number of fused-ring (bicyclic) bond motifs is 3. The molecule has 0 radical (unpaired) electrons. The standard InChI is InChI=1S/C20H22N2O4/c1-19-15-11-17(25-4)16(24-3)10-13(15)7-9-22(19)18(23)26-20(19,2)14-6-5-8-21-12-14/h5-6,8,10-12H,7,9H2,1-4H3/t19-,20+/m0/s1. The molecule has 2 aliphatic heterocycles. The SMILES string of the molecule is COc1cc2c(cc1OC)[C@]1(C)N(CC2)C(=O)O[C@]1(C)c1cccnc1. The number of benzene rings is 1. The van der Waals surface area contributed by atoms with Crippen molar-refractivity contribution in [3.63, 3.8) is 0 Å². The summed E-state index contributed by atoms with van der Waals surface area (Å²) in [5.41, 5.74) is 1.46. The Labute approximate surface area is 152 Å². The molecule has 0 aliphatic carbocycles. The number of hydrogen-bond acceptors (Lipinski definition) is 5. The van der Waals surface area contributed by atoms with Gasteiger partial charge in [0.05, 0.1) is 14.2 Å². The fourth-order valence-electron chi connectivity index (χ4n) is 4.28. The van der Waals surface area contributed by atoms with Gasteiger partial charge in [0.2, 0.25) is 0 Å². The van der Waals surface area contributed by atoms with E-state index in [0.717, 1.165) is 23.1 Å². The molecule has 4 rings (SSSR count). The van der Waals surface area contributed by atoms with E-state index in [4.69, 9.17) is 14.2 Å². The Morgan fingerprint density at radius 3 is 2.58 bits per heavy atom. The predicted molar refractivity (Wildman–Crippen MR) is 95.4 cm³/mol. The zero-order chi connectivity index (χ0) is 18.5. The summed E-state index contributed by atoms with van der Waals surface area (Å²) in [5, 5.41) is 0. The summed E-state index contributed by atoms with van der Waals surface area (Å²) >= 11 is 0. The lowest BCUT2D eigenvalue weighted by Gasteiger charge is -2.46. The van der Waals surface area contributed by atoms with Gasteiger partial charge in [-0.3, -0.25) is 9.88 Å². The molecular formula is C20H22N2O4. The summed E-state index contributed by atoms with van der Waals surface area (Å²) < 4.78 is 16.9. The second-order valence-corrected chi connectivity index (χ2v) is 6.98. The second-order valence-electron chi connectivity index (χ2n) is 6.98. The van der Waals surface area contributed by atoms with Crippen LogP contribution in [0.3, 0.4) is 0 Å². The number of rotatable bonds is 3. The van der Waals surface area contributed by atoms with Crippen LogP contribution in [0.5, 0.6) is 11.5 Å². The van der Waals surface area contributed by atoms with Gasteiger partial charge in [-0.15, -0.1) is 0 Å². The van der Waals surface area contributed by atoms with Gasteiger partial charge < -0.3 is 14.2 Å². The highest BCUT2D eigenvalue weighted by atomic mass is 16.6. The van der Waals surface area contributed by atoms with Gasteiger partial charge in [0.1, 0.15) is 5.54 Å². The van der Waals surface area contributed by atoms with Crippen LogP contribution in [0.1, 0.15) is 30.5 Å². The normalized spacial score (nSPS) is 26.8. The third-order valence-corrected chi connectivity index (χ3v) is 5.93. The van der Waals surface area contributed by atoms with Crippen molar-refractivity contribution in [2.24, 2.45) is 0 Å². The van der Waals surface area contributed by atoms with E-state index >= 15 is 0 Å². The molecule has 2 aromatic rings. The first-order chi connectivity index (χ1) is 12.5. The van der Waals surface area contributed by atoms with Crippen molar-refractivity contribution in [2.75, 3.05) is 20.8 Å². The highest BCUT2D eigenvalue weighted by Crippen LogP contribution is 2.56. The van der Waals surface area contributed by atoms with Crippen molar-refractivity contribution < 1.29 is 19.0 Å². The van der Waals surface area contributed by atoms with Crippen LogP contribution in [0.25, 0.3) is 0 Å². The van der Waals surface area contributed by atoms with Crippen molar-refractivity contribution in [1.82, 2.24) is 9.88 Å². The first kappa shape index (κ1) is 16.7. The number of cyclic esters (lactones) is 1. The fraction of sp³-hybridized carbons (Fsp3) is 0.400. The third kappa shape index (κ3) is 1.98. The maximum absolute atomic E-state index is 12.7. The van der Waals surface area contributed by atoms with E-state index in [2.05, 4.69) is 11.9 Å². The summed E-state index contributed by atoms with van der Waals surface area (Å²) in [4.78, 5) is 18.8. The molecule has 0 spiro atoms. The van der Waals surface area contributed by atoms with Gasteiger partial charge in [-0.25, -0.2) is 4.79 Å². The minimum atomic E-state index is -0.868. The van der Waals surface area contributed by atoms with Gasteiger partial charge in [-0.1, -0.05) is 6.07 Å². The van der Waals surface area contributed by atoms with E-state index in [9.17, 15) is 4.79 Å². The Kier molecular flexibility index (Phi) is 3.61. The minimum Gasteiger partial charge on any atom is -0.493 e. The molecule has 3 heterocycles. The second kappa shape index (κ2) is 5.62. The van der Waals surface area contributed by atoms with Crippen LogP contribution in [0.4, 0.5) is 4.79 Å². The number of carbonyl (C=O) groups is 1. The summed E-state index contributed by atoms with van der Waals surface area (Å²) in [6, 6.07) is 7.78. The topological polar surface area (TPSA) is 60.9 Å². The molecule has 1 fully saturated rings. The highest BCUT2D eigenvalue weighted by molar-refractivity contribution is 5.75. The quantitative estimate of drug-likeness (QED) is 0.847. The molecule has 26 heavy (non-hydrogen) atoms. The van der Waals surface area contributed by atoms with Crippen LogP contribution in [0.15, 0.2) is 36.7 Å². The molecule has 0 unspecified atom stereocenters. The molecule has 0 bridgehead atoms. The third-order valence-electron chi connectivity index (χ3n) is 5.93. The van der Waals surface area contributed by atoms with Gasteiger partial charge in [0.15, 0.2) is 17.1 Å². The van der Waals surface area contributed by atoms with Crippen molar-refractivity contribution >= 4 is 6.09 Å². The maximum Gasteiger partial charge on any atom is 0.411 e. The average molecular weight is 354 g/mol. The Hall–Kier alpha value is -2.76. The Bertz CT molecular complexity index is 870. The lowest BCUT2D eigenvalue weighted by Crippen LogP contribution is -2.54. The lowest BCUT2D eigenvalue weighted by atomic mass is 9.69. The van der Waals surface area contributed by atoms with E-state index < -0.39 is 11.1 Å². The number of carbonyl (C=O) groups excluding carboxylic acids is 1. The van der Waals surface area contributed by atoms with Crippen molar-refractivity contribution in [1.29, 1.82) is 0 Å². The fourth-order valence-corrected chi connectivity index (χ4v) is 4.28. The van der Waals surface area contributed by atoms with E-state index in [0.29, 0.717) is 18.0 Å². The summed E-state index contributed by atoms with van der Waals surface area (Å²) in [5.74, 6) is 1.33. The molecule has 136 valence electrons. The molecule has 1 aromatic carbocycles. The number of pyridine rings is 1. The molecular weight excluding hydrogens is 332 g/mol. The number of nitrogens with zero attached hydrogens (tertiary/aromatic N) is 2. The monoisotopic (exact) mass is 354 g/mol. The number of amides is 1. The van der Waals surface area contributed by atoms with E-state index in [-0.39, 0.29) is 6.09 Å². The minimum absolute atomic E-state index is 0.306. The van der Waals surface area contributed by atoms with E-state index in [1.165, 1.54) is 0 Å². The number of methoxy groups -OCH3 is 2. The zero-order valence-electron chi connectivity index (χ0n) is 15.4. The highest BCUT2D eigenvalue weighted by Gasteiger charge is 2.63. The van der Waals surface area contributed by atoms with Gasteiger partial charge in [-0.2, -0.15) is 0 Å². The number of aromatic nitrogens is 1. The number of hydrogen-bond donors (Lipinski definition) is 0. The predicted octanol–water partition coefficient (Wildman–Crippen LogP) is 3.24. The van der Waals surface area contributed by atoms with Crippen LogP contribution < -0.4 is 9.47 Å². The first-order valence-electron chi connectivity index (χ1n) is 8.62. The van der Waals surface area contributed by atoms with Crippen LogP contribution in [0, 0.1) is 0 Å². The molecule has 0 N–H and O–H groups in total. The molecule has 2 atom stereocenters. The van der Waals surface area contributed by atoms with Crippen LogP contribution in [-0.4, -0.2) is 36.7 Å². The number of ether oxygens (including phenoxy) is 3. The largest absolute Gasteiger partial charge is 0.493 e. The maximum atomic E-state index is 12.7. The van der Waals surface area contributed by atoms with Gasteiger partial charge in [0, 0.05) is 24.5 Å². The molecule has 0 saturated carbocycles. The molecule has 6 heteroatoms. The summed E-state index contributed by atoms with van der Waals surface area (Å²) in [6.07, 6.45) is 3.91. The smallest absolute Gasteiger partial charge is 0.411 e. The van der Waals surface area contributed by atoms with Gasteiger partial charge in [-0.05, 0) is 49.6 Å². The van der Waals surface area contributed by atoms with Gasteiger partial charge in [0.25, 0.3) is 0 Å². The Morgan fingerprint density at radius 2 is 1.92 bits per heavy atom. The van der Waals surface area contributed by atoms with E-state index in [1.54, 1.807) is 26.6 Å². The molecule has 1 saturated heterocycles. The van der Waals surface area contributed by atoms with Crippen molar-refractivity contribution in [3.8, 4) is 11.5 Å². The Balaban J connectivity index is 1.97.